The molecule has 1 saturated heterocycles. The first-order chi connectivity index (χ1) is 5.43. The van der Waals surface area contributed by atoms with Gasteiger partial charge in [0.15, 0.2) is 0 Å². The summed E-state index contributed by atoms with van der Waals surface area (Å²) < 4.78 is 36.2. The van der Waals surface area contributed by atoms with Gasteiger partial charge >= 0.3 is 12.1 Å². The van der Waals surface area contributed by atoms with Crippen LogP contribution in [0.15, 0.2) is 0 Å². The molecule has 0 bridgehead atoms. The topological polar surface area (TPSA) is 49.3 Å². The molecule has 13 heavy (non-hydrogen) atoms. The van der Waals surface area contributed by atoms with E-state index in [9.17, 15) is 18.0 Å². The van der Waals surface area contributed by atoms with Crippen molar-refractivity contribution in [1.82, 2.24) is 5.32 Å². The number of alkyl halides is 3. The highest BCUT2D eigenvalue weighted by Gasteiger charge is 2.49. The maximum absolute atomic E-state index is 12.1. The fourth-order valence-corrected chi connectivity index (χ4v) is 1.28. The average molecular weight is 220 g/mol. The molecule has 2 N–H and O–H groups in total. The molecule has 1 fully saturated rings. The molecular formula is C6H9ClF3NO2. The molecule has 7 heteroatoms. The number of carboxylic acids is 1. The molecule has 0 amide bonds. The van der Waals surface area contributed by atoms with Crippen molar-refractivity contribution in [2.45, 2.75) is 6.18 Å². The van der Waals surface area contributed by atoms with E-state index in [1.54, 1.807) is 0 Å². The van der Waals surface area contributed by atoms with Crippen molar-refractivity contribution in [3.8, 4) is 0 Å². The predicted molar refractivity (Wildman–Crippen MR) is 40.8 cm³/mol. The molecule has 3 nitrogen and oxygen atoms in total. The third kappa shape index (κ3) is 2.73. The van der Waals surface area contributed by atoms with Crippen molar-refractivity contribution in [2.75, 3.05) is 13.1 Å². The molecule has 1 rings (SSSR count). The first kappa shape index (κ1) is 12.5. The van der Waals surface area contributed by atoms with Crippen molar-refractivity contribution < 1.29 is 23.1 Å². The number of aliphatic carboxylic acids is 1. The fraction of sp³-hybridized carbons (Fsp3) is 0.833. The zero-order chi connectivity index (χ0) is 9.35. The molecular weight excluding hydrogens is 211 g/mol. The number of hydrogen-bond acceptors (Lipinski definition) is 2. The number of nitrogens with one attached hydrogen (secondary N) is 1. The summed E-state index contributed by atoms with van der Waals surface area (Å²) in [6, 6.07) is 0. The van der Waals surface area contributed by atoms with Gasteiger partial charge in [0, 0.05) is 13.1 Å². The maximum Gasteiger partial charge on any atom is 0.393 e. The second kappa shape index (κ2) is 4.15. The Kier molecular flexibility index (Phi) is 3.99. The van der Waals surface area contributed by atoms with Crippen LogP contribution in [-0.4, -0.2) is 30.3 Å². The standard InChI is InChI=1S/C6H8F3NO2.ClH/c7-6(8,9)4-2-10-1-3(4)5(11)12;/h3-4,10H,1-2H2,(H,11,12);1H/t3-,4-;/m0./s1. The van der Waals surface area contributed by atoms with Gasteiger partial charge in [-0.25, -0.2) is 0 Å². The van der Waals surface area contributed by atoms with Crippen LogP contribution in [0.4, 0.5) is 13.2 Å². The number of carboxylic acid groups (broad SMARTS) is 1. The van der Waals surface area contributed by atoms with Gasteiger partial charge in [-0.1, -0.05) is 0 Å². The lowest BCUT2D eigenvalue weighted by atomic mass is 9.96. The molecule has 0 aromatic heterocycles. The van der Waals surface area contributed by atoms with Crippen molar-refractivity contribution in [3.05, 3.63) is 0 Å². The normalized spacial score (nSPS) is 28.2. The molecule has 0 aliphatic carbocycles. The van der Waals surface area contributed by atoms with Crippen LogP contribution in [0.5, 0.6) is 0 Å². The summed E-state index contributed by atoms with van der Waals surface area (Å²) in [6.45, 7) is -0.389. The minimum absolute atomic E-state index is 0. The van der Waals surface area contributed by atoms with Gasteiger partial charge in [-0.3, -0.25) is 4.79 Å². The van der Waals surface area contributed by atoms with Crippen molar-refractivity contribution in [2.24, 2.45) is 11.8 Å². The quantitative estimate of drug-likeness (QED) is 0.689. The molecule has 1 aliphatic heterocycles. The third-order valence-electron chi connectivity index (χ3n) is 1.95. The van der Waals surface area contributed by atoms with Gasteiger partial charge < -0.3 is 10.4 Å². The second-order valence-electron chi connectivity index (χ2n) is 2.75. The molecule has 0 aromatic carbocycles. The van der Waals surface area contributed by atoms with Crippen LogP contribution in [0, 0.1) is 11.8 Å². The van der Waals surface area contributed by atoms with E-state index in [2.05, 4.69) is 5.32 Å². The summed E-state index contributed by atoms with van der Waals surface area (Å²) in [4.78, 5) is 10.3. The highest BCUT2D eigenvalue weighted by atomic mass is 35.5. The van der Waals surface area contributed by atoms with Crippen LogP contribution < -0.4 is 5.32 Å². The molecule has 0 spiro atoms. The van der Waals surface area contributed by atoms with E-state index < -0.39 is 24.0 Å². The van der Waals surface area contributed by atoms with Gasteiger partial charge in [-0.05, 0) is 0 Å². The Morgan fingerprint density at radius 3 is 2.23 bits per heavy atom. The molecule has 78 valence electrons. The predicted octanol–water partition coefficient (Wildman–Crippen LogP) is 0.891. The van der Waals surface area contributed by atoms with Crippen LogP contribution in [0.1, 0.15) is 0 Å². The van der Waals surface area contributed by atoms with Gasteiger partial charge in [-0.2, -0.15) is 13.2 Å². The van der Waals surface area contributed by atoms with E-state index >= 15 is 0 Å². The zero-order valence-corrected chi connectivity index (χ0v) is 7.28. The van der Waals surface area contributed by atoms with Crippen LogP contribution in [-0.2, 0) is 4.79 Å². The Bertz CT molecular complexity index is 197. The number of rotatable bonds is 1. The van der Waals surface area contributed by atoms with E-state index in [1.165, 1.54) is 0 Å². The summed E-state index contributed by atoms with van der Waals surface area (Å²) in [7, 11) is 0. The monoisotopic (exact) mass is 219 g/mol. The Morgan fingerprint density at radius 2 is 1.92 bits per heavy atom. The minimum Gasteiger partial charge on any atom is -0.481 e. The van der Waals surface area contributed by atoms with Crippen molar-refractivity contribution >= 4 is 18.4 Å². The first-order valence-electron chi connectivity index (χ1n) is 3.43. The molecule has 0 radical (unpaired) electrons. The summed E-state index contributed by atoms with van der Waals surface area (Å²) >= 11 is 0. The summed E-state index contributed by atoms with van der Waals surface area (Å²) in [5.74, 6) is -4.46. The second-order valence-corrected chi connectivity index (χ2v) is 2.75. The highest BCUT2D eigenvalue weighted by molar-refractivity contribution is 5.85. The van der Waals surface area contributed by atoms with E-state index in [4.69, 9.17) is 5.11 Å². The lowest BCUT2D eigenvalue weighted by Crippen LogP contribution is -2.33. The highest BCUT2D eigenvalue weighted by Crippen LogP contribution is 2.34. The average Bonchev–Trinajstić information content (AvgIpc) is 2.30. The van der Waals surface area contributed by atoms with Gasteiger partial charge in [0.1, 0.15) is 0 Å². The van der Waals surface area contributed by atoms with E-state index in [-0.39, 0.29) is 25.5 Å². The van der Waals surface area contributed by atoms with Crippen LogP contribution in [0.2, 0.25) is 0 Å². The Morgan fingerprint density at radius 1 is 1.38 bits per heavy atom. The summed E-state index contributed by atoms with van der Waals surface area (Å²) in [6.07, 6.45) is -4.41. The van der Waals surface area contributed by atoms with Crippen LogP contribution in [0.25, 0.3) is 0 Å². The van der Waals surface area contributed by atoms with Crippen molar-refractivity contribution in [3.63, 3.8) is 0 Å². The number of hydrogen-bond donors (Lipinski definition) is 2. The zero-order valence-electron chi connectivity index (χ0n) is 6.47. The largest absolute Gasteiger partial charge is 0.481 e. The number of halogens is 4. The molecule has 1 aliphatic rings. The summed E-state index contributed by atoms with van der Waals surface area (Å²) in [5.41, 5.74) is 0. The molecule has 2 atom stereocenters. The molecule has 1 heterocycles. The van der Waals surface area contributed by atoms with Crippen LogP contribution >= 0.6 is 12.4 Å². The third-order valence-corrected chi connectivity index (χ3v) is 1.95. The number of carbonyl (C=O) groups is 1. The van der Waals surface area contributed by atoms with Gasteiger partial charge in [0.2, 0.25) is 0 Å². The van der Waals surface area contributed by atoms with Gasteiger partial charge in [0.05, 0.1) is 11.8 Å². The van der Waals surface area contributed by atoms with Gasteiger partial charge in [0.25, 0.3) is 0 Å². The van der Waals surface area contributed by atoms with E-state index in [1.807, 2.05) is 0 Å². The first-order valence-corrected chi connectivity index (χ1v) is 3.43. The fourth-order valence-electron chi connectivity index (χ4n) is 1.28. The van der Waals surface area contributed by atoms with E-state index in [0.717, 1.165) is 0 Å². The Hall–Kier alpha value is -0.490. The maximum atomic E-state index is 12.1. The van der Waals surface area contributed by atoms with Crippen molar-refractivity contribution in [1.29, 1.82) is 0 Å². The smallest absolute Gasteiger partial charge is 0.393 e. The lowest BCUT2D eigenvalue weighted by Gasteiger charge is -2.17. The summed E-state index contributed by atoms with van der Waals surface area (Å²) in [5, 5.41) is 10.8. The Labute approximate surface area is 78.7 Å². The molecule has 0 unspecified atom stereocenters. The minimum atomic E-state index is -4.41. The van der Waals surface area contributed by atoms with Crippen LogP contribution in [0.3, 0.4) is 0 Å². The van der Waals surface area contributed by atoms with Gasteiger partial charge in [-0.15, -0.1) is 12.4 Å². The van der Waals surface area contributed by atoms with E-state index in [0.29, 0.717) is 0 Å². The Balaban J connectivity index is 0.00000144. The SMILES string of the molecule is Cl.O=C(O)[C@H]1CNC[C@@H]1C(F)(F)F. The molecule has 0 saturated carbocycles. The lowest BCUT2D eigenvalue weighted by molar-refractivity contribution is -0.187. The molecule has 0 aromatic rings.